The summed E-state index contributed by atoms with van der Waals surface area (Å²) in [6.07, 6.45) is 0. The molecule has 1 aliphatic rings. The smallest absolute Gasteiger partial charge is 0.251 e. The van der Waals surface area contributed by atoms with Crippen LogP contribution in [-0.4, -0.2) is 19.1 Å². The van der Waals surface area contributed by atoms with E-state index in [0.717, 1.165) is 17.1 Å². The Morgan fingerprint density at radius 3 is 2.48 bits per heavy atom. The van der Waals surface area contributed by atoms with Gasteiger partial charge in [-0.05, 0) is 41.8 Å². The lowest BCUT2D eigenvalue weighted by Gasteiger charge is -2.25. The molecule has 0 saturated heterocycles. The fraction of sp³-hybridized carbons (Fsp3) is 0.316. The molecule has 1 atom stereocenters. The Balaban J connectivity index is 0.00000225. The van der Waals surface area contributed by atoms with Crippen molar-refractivity contribution in [3.8, 4) is 11.5 Å². The van der Waals surface area contributed by atoms with Crippen LogP contribution in [0.15, 0.2) is 42.5 Å². The van der Waals surface area contributed by atoms with Crippen molar-refractivity contribution < 1.29 is 14.3 Å². The lowest BCUT2D eigenvalue weighted by Crippen LogP contribution is -2.32. The molecule has 0 aliphatic carbocycles. The minimum atomic E-state index is -0.143. The van der Waals surface area contributed by atoms with Crippen LogP contribution in [0.3, 0.4) is 0 Å². The van der Waals surface area contributed by atoms with Crippen LogP contribution in [0, 0.1) is 5.92 Å². The van der Waals surface area contributed by atoms with Gasteiger partial charge in [-0.3, -0.25) is 4.79 Å². The first-order valence-corrected chi connectivity index (χ1v) is 8.10. The number of nitrogens with one attached hydrogen (secondary N) is 1. The van der Waals surface area contributed by atoms with Crippen LogP contribution in [0.2, 0.25) is 0 Å². The Kier molecular flexibility index (Phi) is 6.15. The quantitative estimate of drug-likeness (QED) is 0.815. The Bertz CT molecular complexity index is 749. The van der Waals surface area contributed by atoms with Gasteiger partial charge < -0.3 is 20.5 Å². The molecule has 3 N–H and O–H groups in total. The second-order valence-corrected chi connectivity index (χ2v) is 6.22. The van der Waals surface area contributed by atoms with E-state index >= 15 is 0 Å². The average molecular weight is 363 g/mol. The van der Waals surface area contributed by atoms with Crippen molar-refractivity contribution in [2.45, 2.75) is 19.9 Å². The molecule has 3 rings (SSSR count). The number of hydrogen-bond acceptors (Lipinski definition) is 4. The third kappa shape index (κ3) is 4.37. The first-order valence-electron chi connectivity index (χ1n) is 8.10. The molecule has 0 fully saturated rings. The maximum atomic E-state index is 12.6. The number of nitrogen functional groups attached to an aromatic ring is 1. The van der Waals surface area contributed by atoms with E-state index in [9.17, 15) is 4.79 Å². The van der Waals surface area contributed by atoms with Crippen LogP contribution in [0.5, 0.6) is 11.5 Å². The first kappa shape index (κ1) is 18.9. The van der Waals surface area contributed by atoms with Crippen molar-refractivity contribution in [2.75, 3.05) is 18.9 Å². The van der Waals surface area contributed by atoms with Gasteiger partial charge in [-0.15, -0.1) is 12.4 Å². The van der Waals surface area contributed by atoms with Crippen LogP contribution in [0.1, 0.15) is 35.8 Å². The third-order valence-electron chi connectivity index (χ3n) is 4.03. The second-order valence-electron chi connectivity index (χ2n) is 6.22. The van der Waals surface area contributed by atoms with Gasteiger partial charge in [-0.2, -0.15) is 0 Å². The molecule has 2 aromatic carbocycles. The van der Waals surface area contributed by atoms with Crippen molar-refractivity contribution in [3.63, 3.8) is 0 Å². The molecular formula is C19H23ClN2O3. The van der Waals surface area contributed by atoms with Gasteiger partial charge in [0.05, 0.1) is 6.04 Å². The predicted molar refractivity (Wildman–Crippen MR) is 101 cm³/mol. The number of anilines is 1. The van der Waals surface area contributed by atoms with Gasteiger partial charge in [0.15, 0.2) is 11.5 Å². The van der Waals surface area contributed by atoms with Crippen molar-refractivity contribution in [3.05, 3.63) is 53.6 Å². The molecular weight excluding hydrogens is 340 g/mol. The number of benzene rings is 2. The molecule has 0 radical (unpaired) electrons. The summed E-state index contributed by atoms with van der Waals surface area (Å²) >= 11 is 0. The van der Waals surface area contributed by atoms with Gasteiger partial charge in [0, 0.05) is 11.3 Å². The van der Waals surface area contributed by atoms with Gasteiger partial charge in [-0.25, -0.2) is 0 Å². The molecule has 25 heavy (non-hydrogen) atoms. The van der Waals surface area contributed by atoms with E-state index < -0.39 is 0 Å². The fourth-order valence-corrected chi connectivity index (χ4v) is 2.79. The number of ether oxygens (including phenoxy) is 2. The van der Waals surface area contributed by atoms with Crippen LogP contribution < -0.4 is 20.5 Å². The molecule has 0 spiro atoms. The molecule has 0 saturated carbocycles. The largest absolute Gasteiger partial charge is 0.486 e. The summed E-state index contributed by atoms with van der Waals surface area (Å²) < 4.78 is 11.2. The van der Waals surface area contributed by atoms with Crippen molar-refractivity contribution in [2.24, 2.45) is 5.92 Å². The molecule has 1 unspecified atom stereocenters. The maximum absolute atomic E-state index is 12.6. The average Bonchev–Trinajstić information content (AvgIpc) is 2.58. The molecule has 6 heteroatoms. The Morgan fingerprint density at radius 2 is 1.80 bits per heavy atom. The summed E-state index contributed by atoms with van der Waals surface area (Å²) in [5, 5.41) is 3.09. The number of rotatable bonds is 4. The van der Waals surface area contributed by atoms with Crippen LogP contribution in [0.25, 0.3) is 0 Å². The molecule has 0 aromatic heterocycles. The second kappa shape index (κ2) is 8.12. The van der Waals surface area contributed by atoms with Gasteiger partial charge >= 0.3 is 0 Å². The van der Waals surface area contributed by atoms with Crippen molar-refractivity contribution >= 4 is 24.0 Å². The summed E-state index contributed by atoms with van der Waals surface area (Å²) in [7, 11) is 0. The van der Waals surface area contributed by atoms with Gasteiger partial charge in [0.2, 0.25) is 0 Å². The van der Waals surface area contributed by atoms with Crippen LogP contribution in [0.4, 0.5) is 5.69 Å². The number of hydrogen-bond donors (Lipinski definition) is 2. The summed E-state index contributed by atoms with van der Waals surface area (Å²) in [6.45, 7) is 5.24. The lowest BCUT2D eigenvalue weighted by molar-refractivity contribution is 0.0925. The number of carbonyl (C=O) groups excluding carboxylic acids is 1. The van der Waals surface area contributed by atoms with E-state index in [2.05, 4.69) is 19.2 Å². The highest BCUT2D eigenvalue weighted by atomic mass is 35.5. The number of fused-ring (bicyclic) bond motifs is 1. The summed E-state index contributed by atoms with van der Waals surface area (Å²) in [6, 6.07) is 12.7. The van der Waals surface area contributed by atoms with E-state index in [1.165, 1.54) is 0 Å². The topological polar surface area (TPSA) is 73.6 Å². The minimum Gasteiger partial charge on any atom is -0.486 e. The normalized spacial score (nSPS) is 13.7. The van der Waals surface area contributed by atoms with Crippen LogP contribution in [-0.2, 0) is 0 Å². The molecule has 2 aromatic rings. The molecule has 1 heterocycles. The monoisotopic (exact) mass is 362 g/mol. The summed E-state index contributed by atoms with van der Waals surface area (Å²) in [4.78, 5) is 12.6. The van der Waals surface area contributed by atoms with Crippen molar-refractivity contribution in [1.29, 1.82) is 0 Å². The number of amides is 1. The number of carbonyl (C=O) groups is 1. The minimum absolute atomic E-state index is 0. The summed E-state index contributed by atoms with van der Waals surface area (Å²) in [5.74, 6) is 1.55. The predicted octanol–water partition coefficient (Wildman–Crippen LogP) is 3.59. The van der Waals surface area contributed by atoms with Gasteiger partial charge in [0.1, 0.15) is 13.2 Å². The molecule has 5 nitrogen and oxygen atoms in total. The SMILES string of the molecule is CC(C)C(NC(=O)c1cccc(N)c1)c1ccc2c(c1)OCCO2.Cl. The highest BCUT2D eigenvalue weighted by molar-refractivity contribution is 5.95. The Hall–Kier alpha value is -2.40. The van der Waals surface area contributed by atoms with Gasteiger partial charge in [0.25, 0.3) is 5.91 Å². The highest BCUT2D eigenvalue weighted by Crippen LogP contribution is 2.34. The van der Waals surface area contributed by atoms with E-state index in [1.807, 2.05) is 18.2 Å². The highest BCUT2D eigenvalue weighted by Gasteiger charge is 2.22. The molecule has 1 aliphatic heterocycles. The maximum Gasteiger partial charge on any atom is 0.251 e. The van der Waals surface area contributed by atoms with E-state index in [4.69, 9.17) is 15.2 Å². The lowest BCUT2D eigenvalue weighted by atomic mass is 9.95. The fourth-order valence-electron chi connectivity index (χ4n) is 2.79. The van der Waals surface area contributed by atoms with Crippen LogP contribution >= 0.6 is 12.4 Å². The zero-order valence-corrected chi connectivity index (χ0v) is 15.1. The van der Waals surface area contributed by atoms with Gasteiger partial charge in [-0.1, -0.05) is 26.0 Å². The molecule has 134 valence electrons. The standard InChI is InChI=1S/C19H22N2O3.ClH/c1-12(2)18(21-19(22)14-4-3-5-15(20)10-14)13-6-7-16-17(11-13)24-9-8-23-16;/h3-7,10-12,18H,8-9,20H2,1-2H3,(H,21,22);1H. The zero-order chi connectivity index (χ0) is 17.1. The zero-order valence-electron chi connectivity index (χ0n) is 14.3. The van der Waals surface area contributed by atoms with E-state index in [0.29, 0.717) is 24.5 Å². The van der Waals surface area contributed by atoms with E-state index in [1.54, 1.807) is 24.3 Å². The summed E-state index contributed by atoms with van der Waals surface area (Å²) in [5.41, 5.74) is 7.88. The Labute approximate surface area is 153 Å². The van der Waals surface area contributed by atoms with Crippen molar-refractivity contribution in [1.82, 2.24) is 5.32 Å². The molecule has 0 bridgehead atoms. The first-order chi connectivity index (χ1) is 11.5. The van der Waals surface area contributed by atoms with E-state index in [-0.39, 0.29) is 30.3 Å². The number of nitrogens with two attached hydrogens (primary N) is 1. The number of halogens is 1. The Morgan fingerprint density at radius 1 is 1.08 bits per heavy atom. The third-order valence-corrected chi connectivity index (χ3v) is 4.03. The molecule has 1 amide bonds.